The summed E-state index contributed by atoms with van der Waals surface area (Å²) in [5.41, 5.74) is 1.24. The largest absolute Gasteiger partial charge is 0.416 e. The molecule has 0 saturated carbocycles. The van der Waals surface area contributed by atoms with Crippen molar-refractivity contribution in [2.45, 2.75) is 13.1 Å². The number of anilines is 2. The maximum absolute atomic E-state index is 13.0. The van der Waals surface area contributed by atoms with Crippen molar-refractivity contribution in [2.24, 2.45) is 0 Å². The molecule has 0 aliphatic heterocycles. The highest BCUT2D eigenvalue weighted by molar-refractivity contribution is 6.34. The normalized spacial score (nSPS) is 11.4. The predicted molar refractivity (Wildman–Crippen MR) is 107 cm³/mol. The average molecular weight is 423 g/mol. The molecule has 0 aliphatic carbocycles. The Hall–Kier alpha value is -3.00. The van der Waals surface area contributed by atoms with E-state index in [1.165, 1.54) is 23.0 Å². The molecule has 1 amide bonds. The van der Waals surface area contributed by atoms with Crippen LogP contribution in [-0.4, -0.2) is 29.8 Å². The van der Waals surface area contributed by atoms with Crippen LogP contribution in [0.3, 0.4) is 0 Å². The van der Waals surface area contributed by atoms with Gasteiger partial charge in [0.25, 0.3) is 5.91 Å². The summed E-state index contributed by atoms with van der Waals surface area (Å²) in [4.78, 5) is 14.6. The molecular weight excluding hydrogens is 405 g/mol. The average Bonchev–Trinajstić information content (AvgIpc) is 3.02. The summed E-state index contributed by atoms with van der Waals surface area (Å²) in [7, 11) is 3.60. The molecule has 152 valence electrons. The van der Waals surface area contributed by atoms with Gasteiger partial charge in [0.1, 0.15) is 0 Å². The van der Waals surface area contributed by atoms with E-state index in [9.17, 15) is 18.0 Å². The van der Waals surface area contributed by atoms with Gasteiger partial charge in [-0.05, 0) is 37.3 Å². The van der Waals surface area contributed by atoms with Crippen molar-refractivity contribution in [1.82, 2.24) is 9.78 Å². The van der Waals surface area contributed by atoms with E-state index in [1.807, 2.05) is 0 Å². The number of carbonyl (C=O) groups excluding carboxylic acids is 1. The minimum Gasteiger partial charge on any atom is -0.375 e. The summed E-state index contributed by atoms with van der Waals surface area (Å²) in [5.74, 6) is -0.439. The number of hydrogen-bond donors (Lipinski definition) is 1. The van der Waals surface area contributed by atoms with Crippen LogP contribution >= 0.6 is 11.6 Å². The van der Waals surface area contributed by atoms with Crippen LogP contribution < -0.4 is 10.2 Å². The van der Waals surface area contributed by atoms with E-state index in [-0.39, 0.29) is 11.3 Å². The van der Waals surface area contributed by atoms with Gasteiger partial charge in [-0.2, -0.15) is 18.3 Å². The number of rotatable bonds is 4. The highest BCUT2D eigenvalue weighted by atomic mass is 35.5. The lowest BCUT2D eigenvalue weighted by Gasteiger charge is -2.19. The molecule has 0 aliphatic rings. The Kier molecular flexibility index (Phi) is 5.57. The molecule has 1 aromatic heterocycles. The second kappa shape index (κ2) is 7.79. The van der Waals surface area contributed by atoms with Gasteiger partial charge in [-0.25, -0.2) is 4.68 Å². The molecule has 2 aromatic carbocycles. The number of alkyl halides is 3. The minimum absolute atomic E-state index is 0.216. The third kappa shape index (κ3) is 4.22. The molecule has 29 heavy (non-hydrogen) atoms. The van der Waals surface area contributed by atoms with Gasteiger partial charge < -0.3 is 10.2 Å². The lowest BCUT2D eigenvalue weighted by Crippen LogP contribution is -2.17. The first-order chi connectivity index (χ1) is 13.6. The fourth-order valence-corrected chi connectivity index (χ4v) is 3.31. The van der Waals surface area contributed by atoms with E-state index in [1.54, 1.807) is 44.1 Å². The van der Waals surface area contributed by atoms with E-state index in [0.717, 1.165) is 12.1 Å². The molecule has 9 heteroatoms. The lowest BCUT2D eigenvalue weighted by atomic mass is 10.2. The van der Waals surface area contributed by atoms with Crippen LogP contribution in [-0.2, 0) is 6.18 Å². The Morgan fingerprint density at radius 1 is 1.17 bits per heavy atom. The molecule has 1 heterocycles. The predicted octanol–water partition coefficient (Wildman–Crippen LogP) is 5.17. The molecular formula is C20H18ClF3N4O. The Morgan fingerprint density at radius 3 is 2.52 bits per heavy atom. The topological polar surface area (TPSA) is 50.2 Å². The standard InChI is InChI=1S/C20H18ClF3N4O/c1-12-15(19(29)26-17-9-5-8-16(21)18(17)27(2)3)11-25-28(12)14-7-4-6-13(10-14)20(22,23)24/h4-11H,1-3H3,(H,26,29). The van der Waals surface area contributed by atoms with Gasteiger partial charge in [-0.1, -0.05) is 23.7 Å². The molecule has 0 bridgehead atoms. The fourth-order valence-electron chi connectivity index (χ4n) is 2.97. The summed E-state index contributed by atoms with van der Waals surface area (Å²) in [6.07, 6.45) is -3.14. The van der Waals surface area contributed by atoms with Gasteiger partial charge >= 0.3 is 6.18 Å². The summed E-state index contributed by atoms with van der Waals surface area (Å²) in [6, 6.07) is 9.91. The number of hydrogen-bond acceptors (Lipinski definition) is 3. The van der Waals surface area contributed by atoms with Crippen LogP contribution in [0, 0.1) is 6.92 Å². The Labute approximate surface area is 170 Å². The number of nitrogens with one attached hydrogen (secondary N) is 1. The number of nitrogens with zero attached hydrogens (tertiary/aromatic N) is 3. The third-order valence-electron chi connectivity index (χ3n) is 4.35. The zero-order valence-corrected chi connectivity index (χ0v) is 16.6. The van der Waals surface area contributed by atoms with Crippen molar-refractivity contribution in [3.8, 4) is 5.69 Å². The number of aromatic nitrogens is 2. The first-order valence-corrected chi connectivity index (χ1v) is 8.97. The van der Waals surface area contributed by atoms with Crippen molar-refractivity contribution in [2.75, 3.05) is 24.3 Å². The van der Waals surface area contributed by atoms with Crippen molar-refractivity contribution in [3.05, 3.63) is 70.5 Å². The zero-order valence-electron chi connectivity index (χ0n) is 15.9. The molecule has 0 unspecified atom stereocenters. The summed E-state index contributed by atoms with van der Waals surface area (Å²) in [5, 5.41) is 7.37. The number of para-hydroxylation sites is 1. The maximum Gasteiger partial charge on any atom is 0.416 e. The van der Waals surface area contributed by atoms with E-state index in [2.05, 4.69) is 10.4 Å². The molecule has 0 fully saturated rings. The summed E-state index contributed by atoms with van der Waals surface area (Å²) >= 11 is 6.22. The molecule has 3 aromatic rings. The minimum atomic E-state index is -4.47. The maximum atomic E-state index is 13.0. The van der Waals surface area contributed by atoms with E-state index in [4.69, 9.17) is 11.6 Å². The highest BCUT2D eigenvalue weighted by Gasteiger charge is 2.30. The van der Waals surface area contributed by atoms with Crippen LogP contribution in [0.15, 0.2) is 48.7 Å². The second-order valence-corrected chi connectivity index (χ2v) is 7.00. The van der Waals surface area contributed by atoms with E-state index >= 15 is 0 Å². The van der Waals surface area contributed by atoms with Crippen molar-refractivity contribution in [1.29, 1.82) is 0 Å². The van der Waals surface area contributed by atoms with Gasteiger partial charge in [-0.3, -0.25) is 4.79 Å². The first kappa shape index (κ1) is 20.7. The van der Waals surface area contributed by atoms with Gasteiger partial charge in [0.05, 0.1) is 45.1 Å². The molecule has 0 saturated heterocycles. The Balaban J connectivity index is 1.93. The molecule has 1 N–H and O–H groups in total. The summed E-state index contributed by atoms with van der Waals surface area (Å²) in [6.45, 7) is 1.62. The smallest absolute Gasteiger partial charge is 0.375 e. The van der Waals surface area contributed by atoms with E-state index in [0.29, 0.717) is 22.1 Å². The van der Waals surface area contributed by atoms with Crippen LogP contribution in [0.2, 0.25) is 5.02 Å². The number of halogens is 4. The Bertz CT molecular complexity index is 1060. The SMILES string of the molecule is Cc1c(C(=O)Nc2cccc(Cl)c2N(C)C)cnn1-c1cccc(C(F)(F)F)c1. The second-order valence-electron chi connectivity index (χ2n) is 6.59. The van der Waals surface area contributed by atoms with Gasteiger partial charge in [0.15, 0.2) is 0 Å². The quantitative estimate of drug-likeness (QED) is 0.631. The number of carbonyl (C=O) groups is 1. The van der Waals surface area contributed by atoms with Crippen molar-refractivity contribution >= 4 is 28.9 Å². The summed E-state index contributed by atoms with van der Waals surface area (Å²) < 4.78 is 40.3. The molecule has 5 nitrogen and oxygen atoms in total. The number of benzene rings is 2. The Morgan fingerprint density at radius 2 is 1.86 bits per heavy atom. The van der Waals surface area contributed by atoms with Crippen LogP contribution in [0.1, 0.15) is 21.6 Å². The molecule has 0 radical (unpaired) electrons. The molecule has 0 spiro atoms. The van der Waals surface area contributed by atoms with Gasteiger partial charge in [0.2, 0.25) is 0 Å². The highest BCUT2D eigenvalue weighted by Crippen LogP contribution is 2.33. The molecule has 0 atom stereocenters. The fraction of sp³-hybridized carbons (Fsp3) is 0.200. The number of amides is 1. The van der Waals surface area contributed by atoms with Crippen LogP contribution in [0.25, 0.3) is 5.69 Å². The van der Waals surface area contributed by atoms with Crippen molar-refractivity contribution in [3.63, 3.8) is 0 Å². The lowest BCUT2D eigenvalue weighted by molar-refractivity contribution is -0.137. The van der Waals surface area contributed by atoms with Gasteiger partial charge in [-0.15, -0.1) is 0 Å². The van der Waals surface area contributed by atoms with Gasteiger partial charge in [0, 0.05) is 14.1 Å². The van der Waals surface area contributed by atoms with Crippen LogP contribution in [0.5, 0.6) is 0 Å². The molecule has 3 rings (SSSR count). The van der Waals surface area contributed by atoms with E-state index < -0.39 is 17.6 Å². The zero-order chi connectivity index (χ0) is 21.3. The van der Waals surface area contributed by atoms with Crippen LogP contribution in [0.4, 0.5) is 24.5 Å². The van der Waals surface area contributed by atoms with Crippen molar-refractivity contribution < 1.29 is 18.0 Å². The third-order valence-corrected chi connectivity index (χ3v) is 4.66. The first-order valence-electron chi connectivity index (χ1n) is 8.59. The monoisotopic (exact) mass is 422 g/mol.